The molecule has 0 radical (unpaired) electrons. The van der Waals surface area contributed by atoms with Crippen LogP contribution in [0.15, 0.2) is 18.5 Å². The van der Waals surface area contributed by atoms with Gasteiger partial charge in [-0.2, -0.15) is 0 Å². The van der Waals surface area contributed by atoms with E-state index in [4.69, 9.17) is 15.2 Å². The van der Waals surface area contributed by atoms with Crippen LogP contribution in [0.4, 0.5) is 10.5 Å². The van der Waals surface area contributed by atoms with Gasteiger partial charge in [-0.05, 0) is 46.6 Å². The zero-order chi connectivity index (χ0) is 18.5. The first-order chi connectivity index (χ1) is 11.5. The Hall–Kier alpha value is -1.86. The third-order valence-electron chi connectivity index (χ3n) is 5.05. The van der Waals surface area contributed by atoms with Gasteiger partial charge in [0.05, 0.1) is 29.6 Å². The summed E-state index contributed by atoms with van der Waals surface area (Å²) in [5.74, 6) is 0. The quantitative estimate of drug-likeness (QED) is 0.756. The lowest BCUT2D eigenvalue weighted by atomic mass is 9.80. The fourth-order valence-electron chi connectivity index (χ4n) is 3.49. The van der Waals surface area contributed by atoms with Crippen molar-refractivity contribution in [1.29, 1.82) is 0 Å². The summed E-state index contributed by atoms with van der Waals surface area (Å²) >= 11 is 0. The summed E-state index contributed by atoms with van der Waals surface area (Å²) < 4.78 is 11.6. The third-order valence-corrected chi connectivity index (χ3v) is 5.05. The Morgan fingerprint density at radius 3 is 2.72 bits per heavy atom. The number of nitrogen functional groups attached to an aromatic ring is 1. The summed E-state index contributed by atoms with van der Waals surface area (Å²) in [7, 11) is 0. The number of carbonyl (C=O) groups is 1. The van der Waals surface area contributed by atoms with Gasteiger partial charge in [0.1, 0.15) is 11.2 Å². The molecular formula is C18H27N3O4. The van der Waals surface area contributed by atoms with Crippen LogP contribution in [-0.2, 0) is 9.47 Å². The summed E-state index contributed by atoms with van der Waals surface area (Å²) in [6.45, 7) is 7.13. The number of aliphatic hydroxyl groups is 1. The second-order valence-corrected chi connectivity index (χ2v) is 8.19. The highest BCUT2D eigenvalue weighted by Gasteiger charge is 2.65. The van der Waals surface area contributed by atoms with Crippen LogP contribution in [0.1, 0.15) is 58.6 Å². The van der Waals surface area contributed by atoms with Crippen molar-refractivity contribution >= 4 is 11.8 Å². The standard InChI is InChI=1S/C18H27N3O4/c1-16(2,3)25-15(22)21-14-9-13(11-5-8-20-10-12(11)19)24-18(6-7-18)17(14,4)23/h5,8,10,13-14,23H,6-7,9,19H2,1-4H3,(H,21,22)/t13-,14-,17+/m1/s1. The minimum Gasteiger partial charge on any atom is -0.444 e. The van der Waals surface area contributed by atoms with Crippen LogP contribution in [-0.4, -0.2) is 39.0 Å². The summed E-state index contributed by atoms with van der Waals surface area (Å²) in [4.78, 5) is 16.2. The Morgan fingerprint density at radius 2 is 2.16 bits per heavy atom. The average molecular weight is 349 g/mol. The highest BCUT2D eigenvalue weighted by molar-refractivity contribution is 5.68. The predicted octanol–water partition coefficient (Wildman–Crippen LogP) is 2.30. The van der Waals surface area contributed by atoms with Gasteiger partial charge in [-0.3, -0.25) is 4.98 Å². The largest absolute Gasteiger partial charge is 0.444 e. The topological polar surface area (TPSA) is 107 Å². The highest BCUT2D eigenvalue weighted by atomic mass is 16.6. The van der Waals surface area contributed by atoms with Gasteiger partial charge in [0.2, 0.25) is 0 Å². The van der Waals surface area contributed by atoms with E-state index in [2.05, 4.69) is 10.3 Å². The lowest BCUT2D eigenvalue weighted by Gasteiger charge is -2.47. The normalized spacial score (nSPS) is 30.8. The van der Waals surface area contributed by atoms with E-state index in [9.17, 15) is 9.90 Å². The van der Waals surface area contributed by atoms with Crippen LogP contribution in [0, 0.1) is 0 Å². The van der Waals surface area contributed by atoms with Crippen LogP contribution >= 0.6 is 0 Å². The van der Waals surface area contributed by atoms with Crippen molar-refractivity contribution in [3.63, 3.8) is 0 Å². The molecule has 2 aliphatic rings. The average Bonchev–Trinajstić information content (AvgIpc) is 3.24. The van der Waals surface area contributed by atoms with Crippen molar-refractivity contribution in [3.8, 4) is 0 Å². The Labute approximate surface area is 147 Å². The van der Waals surface area contributed by atoms with Crippen molar-refractivity contribution in [2.24, 2.45) is 0 Å². The summed E-state index contributed by atoms with van der Waals surface area (Å²) in [5.41, 5.74) is 4.97. The number of amides is 1. The van der Waals surface area contributed by atoms with Gasteiger partial charge in [0.25, 0.3) is 0 Å². The molecule has 1 saturated carbocycles. The van der Waals surface area contributed by atoms with Crippen LogP contribution in [0.2, 0.25) is 0 Å². The highest BCUT2D eigenvalue weighted by Crippen LogP contribution is 2.57. The van der Waals surface area contributed by atoms with Crippen LogP contribution in [0.3, 0.4) is 0 Å². The molecule has 7 nitrogen and oxygen atoms in total. The maximum Gasteiger partial charge on any atom is 0.407 e. The molecule has 1 aliphatic heterocycles. The molecule has 4 N–H and O–H groups in total. The van der Waals surface area contributed by atoms with Crippen molar-refractivity contribution < 1.29 is 19.4 Å². The van der Waals surface area contributed by atoms with E-state index in [0.29, 0.717) is 12.1 Å². The number of ether oxygens (including phenoxy) is 2. The van der Waals surface area contributed by atoms with E-state index in [1.165, 1.54) is 0 Å². The maximum absolute atomic E-state index is 12.2. The van der Waals surface area contributed by atoms with E-state index in [1.54, 1.807) is 40.1 Å². The van der Waals surface area contributed by atoms with Crippen molar-refractivity contribution in [1.82, 2.24) is 10.3 Å². The monoisotopic (exact) mass is 349 g/mol. The second kappa shape index (κ2) is 5.85. The smallest absolute Gasteiger partial charge is 0.407 e. The zero-order valence-corrected chi connectivity index (χ0v) is 15.2. The number of nitrogens with zero attached hydrogens (tertiary/aromatic N) is 1. The molecule has 0 unspecified atom stereocenters. The van der Waals surface area contributed by atoms with E-state index >= 15 is 0 Å². The number of hydrogen-bond acceptors (Lipinski definition) is 6. The molecule has 7 heteroatoms. The SMILES string of the molecule is CC(C)(C)OC(=O)N[C@@H]1C[C@H](c2ccncc2N)OC2(CC2)[C@@]1(C)O. The molecule has 0 aromatic carbocycles. The molecule has 1 spiro atoms. The molecule has 3 rings (SSSR count). The molecule has 2 heterocycles. The number of carbonyl (C=O) groups excluding carboxylic acids is 1. The molecule has 1 aliphatic carbocycles. The summed E-state index contributed by atoms with van der Waals surface area (Å²) in [5, 5.41) is 13.9. The van der Waals surface area contributed by atoms with Crippen molar-refractivity contribution in [3.05, 3.63) is 24.0 Å². The minimum atomic E-state index is -1.18. The van der Waals surface area contributed by atoms with Gasteiger partial charge in [-0.1, -0.05) is 0 Å². The number of anilines is 1. The number of alkyl carbamates (subject to hydrolysis) is 1. The van der Waals surface area contributed by atoms with Gasteiger partial charge in [-0.15, -0.1) is 0 Å². The number of hydrogen-bond donors (Lipinski definition) is 3. The van der Waals surface area contributed by atoms with Crippen LogP contribution in [0.5, 0.6) is 0 Å². The van der Waals surface area contributed by atoms with Gasteiger partial charge >= 0.3 is 6.09 Å². The van der Waals surface area contributed by atoms with Gasteiger partial charge in [0, 0.05) is 18.2 Å². The third kappa shape index (κ3) is 3.43. The fraction of sp³-hybridized carbons (Fsp3) is 0.667. The minimum absolute atomic E-state index is 0.314. The molecular weight excluding hydrogens is 322 g/mol. The van der Waals surface area contributed by atoms with Gasteiger partial charge in [0.15, 0.2) is 0 Å². The van der Waals surface area contributed by atoms with E-state index in [1.807, 2.05) is 6.07 Å². The Morgan fingerprint density at radius 1 is 1.48 bits per heavy atom. The van der Waals surface area contributed by atoms with Gasteiger partial charge in [-0.25, -0.2) is 4.79 Å². The number of pyridine rings is 1. The summed E-state index contributed by atoms with van der Waals surface area (Å²) in [6, 6.07) is 1.32. The number of nitrogens with one attached hydrogen (secondary N) is 1. The van der Waals surface area contributed by atoms with Gasteiger partial charge < -0.3 is 25.6 Å². The lowest BCUT2D eigenvalue weighted by molar-refractivity contribution is -0.200. The predicted molar refractivity (Wildman–Crippen MR) is 92.8 cm³/mol. The van der Waals surface area contributed by atoms with Crippen LogP contribution in [0.25, 0.3) is 0 Å². The molecule has 25 heavy (non-hydrogen) atoms. The number of nitrogens with two attached hydrogens (primary N) is 1. The van der Waals surface area contributed by atoms with Crippen LogP contribution < -0.4 is 11.1 Å². The molecule has 1 amide bonds. The molecule has 1 saturated heterocycles. The summed E-state index contributed by atoms with van der Waals surface area (Å²) in [6.07, 6.45) is 4.28. The molecule has 3 atom stereocenters. The number of aromatic nitrogens is 1. The molecule has 1 aromatic rings. The fourth-order valence-corrected chi connectivity index (χ4v) is 3.49. The Balaban J connectivity index is 1.83. The van der Waals surface area contributed by atoms with E-state index in [-0.39, 0.29) is 6.10 Å². The molecule has 1 aromatic heterocycles. The van der Waals surface area contributed by atoms with E-state index in [0.717, 1.165) is 18.4 Å². The first-order valence-corrected chi connectivity index (χ1v) is 8.63. The zero-order valence-electron chi connectivity index (χ0n) is 15.2. The van der Waals surface area contributed by atoms with Crippen molar-refractivity contribution in [2.75, 3.05) is 5.73 Å². The van der Waals surface area contributed by atoms with Crippen molar-refractivity contribution in [2.45, 2.75) is 75.9 Å². The number of rotatable bonds is 2. The van der Waals surface area contributed by atoms with E-state index < -0.39 is 28.9 Å². The second-order valence-electron chi connectivity index (χ2n) is 8.19. The Kier molecular flexibility index (Phi) is 4.20. The Bertz CT molecular complexity index is 665. The lowest BCUT2D eigenvalue weighted by Crippen LogP contribution is -2.63. The maximum atomic E-state index is 12.2. The molecule has 2 fully saturated rings. The molecule has 0 bridgehead atoms. The first-order valence-electron chi connectivity index (χ1n) is 8.63. The molecule has 138 valence electrons. The first kappa shape index (κ1) is 17.9.